The minimum Gasteiger partial charge on any atom is -0.497 e. The summed E-state index contributed by atoms with van der Waals surface area (Å²) in [6.07, 6.45) is 5.85. The van der Waals surface area contributed by atoms with Crippen LogP contribution in [0, 0.1) is 0 Å². The van der Waals surface area contributed by atoms with Crippen molar-refractivity contribution in [2.24, 2.45) is 0 Å². The Labute approximate surface area is 192 Å². The molecule has 1 aromatic carbocycles. The zero-order valence-corrected chi connectivity index (χ0v) is 18.9. The number of ether oxygens (including phenoxy) is 2. The molecule has 9 nitrogen and oxygen atoms in total. The number of nitrogen functional groups attached to an aromatic ring is 1. The SMILES string of the molecule is C=CC(=O)N1CC[C@H](n2cc(N3CC(c4cc(OC)cc(OC)c4)C3)c3c(N)ncnc32)C1. The zero-order chi connectivity index (χ0) is 23.1. The smallest absolute Gasteiger partial charge is 0.246 e. The lowest BCUT2D eigenvalue weighted by molar-refractivity contribution is -0.125. The van der Waals surface area contributed by atoms with Gasteiger partial charge in [0.1, 0.15) is 29.3 Å². The van der Waals surface area contributed by atoms with E-state index in [1.807, 2.05) is 11.0 Å². The molecule has 2 N–H and O–H groups in total. The highest BCUT2D eigenvalue weighted by Gasteiger charge is 2.34. The number of anilines is 2. The van der Waals surface area contributed by atoms with Crippen molar-refractivity contribution in [3.8, 4) is 11.5 Å². The molecule has 0 spiro atoms. The molecule has 0 unspecified atom stereocenters. The first-order chi connectivity index (χ1) is 16.0. The largest absolute Gasteiger partial charge is 0.497 e. The second-order valence-corrected chi connectivity index (χ2v) is 8.56. The molecule has 33 heavy (non-hydrogen) atoms. The van der Waals surface area contributed by atoms with Crippen LogP contribution in [-0.2, 0) is 4.79 Å². The number of carbonyl (C=O) groups is 1. The number of likely N-dealkylation sites (tertiary alicyclic amines) is 1. The summed E-state index contributed by atoms with van der Waals surface area (Å²) in [5.41, 5.74) is 9.32. The third-order valence-corrected chi connectivity index (χ3v) is 6.73. The summed E-state index contributed by atoms with van der Waals surface area (Å²) >= 11 is 0. The van der Waals surface area contributed by atoms with E-state index in [0.29, 0.717) is 24.8 Å². The van der Waals surface area contributed by atoms with Gasteiger partial charge in [-0.05, 0) is 30.2 Å². The van der Waals surface area contributed by atoms with E-state index in [2.05, 4.69) is 44.3 Å². The first-order valence-corrected chi connectivity index (χ1v) is 11.0. The normalized spacial score (nSPS) is 18.4. The molecule has 2 aliphatic heterocycles. The third kappa shape index (κ3) is 3.63. The number of amides is 1. The van der Waals surface area contributed by atoms with E-state index in [0.717, 1.165) is 47.7 Å². The lowest BCUT2D eigenvalue weighted by atomic mass is 9.90. The fourth-order valence-corrected chi connectivity index (χ4v) is 4.86. The van der Waals surface area contributed by atoms with Crippen molar-refractivity contribution in [2.45, 2.75) is 18.4 Å². The average molecular weight is 449 g/mol. The van der Waals surface area contributed by atoms with Crippen LogP contribution in [0.5, 0.6) is 11.5 Å². The van der Waals surface area contributed by atoms with Gasteiger partial charge in [-0.1, -0.05) is 6.58 Å². The summed E-state index contributed by atoms with van der Waals surface area (Å²) in [6.45, 7) is 6.62. The maximum atomic E-state index is 12.1. The topological polar surface area (TPSA) is 98.7 Å². The second kappa shape index (κ2) is 8.31. The minimum absolute atomic E-state index is 0.0392. The Bertz CT molecular complexity index is 1190. The van der Waals surface area contributed by atoms with Crippen molar-refractivity contribution in [1.82, 2.24) is 19.4 Å². The van der Waals surface area contributed by atoms with Gasteiger partial charge < -0.3 is 29.6 Å². The van der Waals surface area contributed by atoms with E-state index in [1.54, 1.807) is 14.2 Å². The number of rotatable bonds is 6. The molecule has 2 aromatic heterocycles. The zero-order valence-electron chi connectivity index (χ0n) is 18.9. The Morgan fingerprint density at radius 3 is 2.55 bits per heavy atom. The molecule has 172 valence electrons. The van der Waals surface area contributed by atoms with Crippen molar-refractivity contribution < 1.29 is 14.3 Å². The Balaban J connectivity index is 1.42. The monoisotopic (exact) mass is 448 g/mol. The van der Waals surface area contributed by atoms with Crippen molar-refractivity contribution in [3.05, 3.63) is 48.9 Å². The van der Waals surface area contributed by atoms with Gasteiger partial charge in [-0.15, -0.1) is 0 Å². The van der Waals surface area contributed by atoms with Crippen LogP contribution in [0.4, 0.5) is 11.5 Å². The molecular weight excluding hydrogens is 420 g/mol. The number of aromatic nitrogens is 3. The predicted molar refractivity (Wildman–Crippen MR) is 127 cm³/mol. The number of benzene rings is 1. The summed E-state index contributed by atoms with van der Waals surface area (Å²) in [4.78, 5) is 25.0. The van der Waals surface area contributed by atoms with Crippen LogP contribution in [0.25, 0.3) is 11.0 Å². The van der Waals surface area contributed by atoms with Crippen LogP contribution in [0.2, 0.25) is 0 Å². The Kier molecular flexibility index (Phi) is 5.32. The summed E-state index contributed by atoms with van der Waals surface area (Å²) in [6, 6.07) is 6.15. The Morgan fingerprint density at radius 2 is 1.88 bits per heavy atom. The fourth-order valence-electron chi connectivity index (χ4n) is 4.86. The molecule has 1 atom stereocenters. The number of hydrogen-bond donors (Lipinski definition) is 1. The number of nitrogens with zero attached hydrogens (tertiary/aromatic N) is 5. The fraction of sp³-hybridized carbons (Fsp3) is 0.375. The van der Waals surface area contributed by atoms with Gasteiger partial charge in [0.05, 0.1) is 31.3 Å². The highest BCUT2D eigenvalue weighted by Crippen LogP contribution is 2.41. The van der Waals surface area contributed by atoms with Crippen LogP contribution in [0.3, 0.4) is 0 Å². The first kappa shape index (κ1) is 21.1. The third-order valence-electron chi connectivity index (χ3n) is 6.73. The molecule has 0 radical (unpaired) electrons. The van der Waals surface area contributed by atoms with Crippen LogP contribution in [-0.4, -0.2) is 65.7 Å². The minimum atomic E-state index is -0.0392. The van der Waals surface area contributed by atoms with Gasteiger partial charge >= 0.3 is 0 Å². The van der Waals surface area contributed by atoms with E-state index >= 15 is 0 Å². The van der Waals surface area contributed by atoms with E-state index in [1.165, 1.54) is 18.0 Å². The number of nitrogens with two attached hydrogens (primary N) is 1. The van der Waals surface area contributed by atoms with Gasteiger partial charge in [0.15, 0.2) is 0 Å². The van der Waals surface area contributed by atoms with Gasteiger partial charge in [-0.2, -0.15) is 0 Å². The Morgan fingerprint density at radius 1 is 1.15 bits per heavy atom. The van der Waals surface area contributed by atoms with E-state index in [4.69, 9.17) is 15.2 Å². The molecule has 2 fully saturated rings. The van der Waals surface area contributed by atoms with Gasteiger partial charge in [0.25, 0.3) is 0 Å². The number of carbonyl (C=O) groups excluding carboxylic acids is 1. The molecule has 0 aliphatic carbocycles. The molecule has 3 aromatic rings. The standard InChI is InChI=1S/C24H28N6O3/c1-4-21(31)28-6-5-17(12-28)30-13-20(22-23(25)26-14-27-24(22)30)29-10-16(11-29)15-7-18(32-2)9-19(8-15)33-3/h4,7-9,13-14,16-17H,1,5-6,10-12H2,2-3H3,(H2,25,26,27)/t17-/m0/s1. The highest BCUT2D eigenvalue weighted by molar-refractivity contribution is 5.99. The van der Waals surface area contributed by atoms with E-state index in [-0.39, 0.29) is 11.9 Å². The molecule has 2 aliphatic rings. The van der Waals surface area contributed by atoms with Gasteiger partial charge in [0.2, 0.25) is 5.91 Å². The van der Waals surface area contributed by atoms with Crippen molar-refractivity contribution in [1.29, 1.82) is 0 Å². The summed E-state index contributed by atoms with van der Waals surface area (Å²) < 4.78 is 13.0. The molecule has 1 amide bonds. The predicted octanol–water partition coefficient (Wildman–Crippen LogP) is 2.59. The quantitative estimate of drug-likeness (QED) is 0.579. The van der Waals surface area contributed by atoms with E-state index in [9.17, 15) is 4.79 Å². The maximum Gasteiger partial charge on any atom is 0.246 e. The van der Waals surface area contributed by atoms with Gasteiger partial charge in [-0.3, -0.25) is 4.79 Å². The average Bonchev–Trinajstić information content (AvgIpc) is 3.43. The summed E-state index contributed by atoms with van der Waals surface area (Å²) in [5.74, 6) is 2.36. The van der Waals surface area contributed by atoms with Gasteiger partial charge in [-0.25, -0.2) is 9.97 Å². The molecular formula is C24H28N6O3. The molecule has 2 saturated heterocycles. The van der Waals surface area contributed by atoms with Crippen LogP contribution in [0.15, 0.2) is 43.4 Å². The summed E-state index contributed by atoms with van der Waals surface area (Å²) in [7, 11) is 3.33. The number of hydrogen-bond acceptors (Lipinski definition) is 7. The lowest BCUT2D eigenvalue weighted by Crippen LogP contribution is -2.45. The van der Waals surface area contributed by atoms with Crippen LogP contribution >= 0.6 is 0 Å². The highest BCUT2D eigenvalue weighted by atomic mass is 16.5. The Hall–Kier alpha value is -3.75. The molecule has 0 saturated carbocycles. The van der Waals surface area contributed by atoms with Crippen LogP contribution < -0.4 is 20.1 Å². The molecule has 9 heteroatoms. The van der Waals surface area contributed by atoms with Crippen molar-refractivity contribution >= 4 is 28.4 Å². The first-order valence-electron chi connectivity index (χ1n) is 11.0. The molecule has 4 heterocycles. The van der Waals surface area contributed by atoms with E-state index < -0.39 is 0 Å². The molecule has 5 rings (SSSR count). The van der Waals surface area contributed by atoms with Gasteiger partial charge in [0, 0.05) is 44.4 Å². The summed E-state index contributed by atoms with van der Waals surface area (Å²) in [5, 5.41) is 0.868. The van der Waals surface area contributed by atoms with Crippen molar-refractivity contribution in [3.63, 3.8) is 0 Å². The van der Waals surface area contributed by atoms with Crippen LogP contribution in [0.1, 0.15) is 23.9 Å². The molecule has 0 bridgehead atoms. The lowest BCUT2D eigenvalue weighted by Gasteiger charge is -2.41. The maximum absolute atomic E-state index is 12.1. The number of methoxy groups -OCH3 is 2. The van der Waals surface area contributed by atoms with Crippen molar-refractivity contribution in [2.75, 3.05) is 51.0 Å². The number of fused-ring (bicyclic) bond motifs is 1. The second-order valence-electron chi connectivity index (χ2n) is 8.56.